The van der Waals surface area contributed by atoms with Crippen molar-refractivity contribution in [2.45, 2.75) is 77.0 Å². The van der Waals surface area contributed by atoms with E-state index in [1.807, 2.05) is 20.8 Å². The molecule has 0 aromatic carbocycles. The third-order valence-electron chi connectivity index (χ3n) is 4.45. The van der Waals surface area contributed by atoms with Gasteiger partial charge in [-0.15, -0.1) is 0 Å². The molecule has 2 fully saturated rings. The third-order valence-corrected chi connectivity index (χ3v) is 4.45. The Bertz CT molecular complexity index is 348. The number of nitrogens with zero attached hydrogens (tertiary/aromatic N) is 1. The van der Waals surface area contributed by atoms with Crippen molar-refractivity contribution < 1.29 is 9.53 Å². The molecule has 2 unspecified atom stereocenters. The summed E-state index contributed by atoms with van der Waals surface area (Å²) < 4.78 is 5.35. The van der Waals surface area contributed by atoms with Crippen LogP contribution >= 0.6 is 0 Å². The van der Waals surface area contributed by atoms with Crippen molar-refractivity contribution in [2.24, 2.45) is 0 Å². The molecule has 22 heavy (non-hydrogen) atoms. The SMILES string of the molecule is CC(C)(C)OC(=O)NC1CCCC(NCCN2CCCC2)C1. The van der Waals surface area contributed by atoms with Gasteiger partial charge >= 0.3 is 6.09 Å². The second-order valence-corrected chi connectivity index (χ2v) is 7.71. The number of alkyl carbamates (subject to hydrolysis) is 1. The maximum atomic E-state index is 11.9. The molecule has 5 heteroatoms. The van der Waals surface area contributed by atoms with Gasteiger partial charge < -0.3 is 20.3 Å². The Balaban J connectivity index is 1.64. The zero-order valence-corrected chi connectivity index (χ0v) is 14.5. The zero-order chi connectivity index (χ0) is 16.0. The molecular weight excluding hydrogens is 278 g/mol. The molecule has 2 N–H and O–H groups in total. The number of rotatable bonds is 5. The van der Waals surface area contributed by atoms with Crippen molar-refractivity contribution in [1.29, 1.82) is 0 Å². The standard InChI is InChI=1S/C17H33N3O2/c1-17(2,3)22-16(21)19-15-8-6-7-14(13-15)18-9-12-20-10-4-5-11-20/h14-15,18H,4-13H2,1-3H3,(H,19,21). The van der Waals surface area contributed by atoms with E-state index in [9.17, 15) is 4.79 Å². The highest BCUT2D eigenvalue weighted by atomic mass is 16.6. The minimum Gasteiger partial charge on any atom is -0.444 e. The van der Waals surface area contributed by atoms with Crippen molar-refractivity contribution in [3.63, 3.8) is 0 Å². The summed E-state index contributed by atoms with van der Waals surface area (Å²) in [6, 6.07) is 0.768. The summed E-state index contributed by atoms with van der Waals surface area (Å²) in [5.41, 5.74) is -0.424. The predicted octanol–water partition coefficient (Wildman–Crippen LogP) is 2.51. The molecule has 1 aliphatic carbocycles. The van der Waals surface area contributed by atoms with Gasteiger partial charge in [0.05, 0.1) is 0 Å². The van der Waals surface area contributed by atoms with Gasteiger partial charge in [0.25, 0.3) is 0 Å². The lowest BCUT2D eigenvalue weighted by atomic mass is 9.91. The maximum Gasteiger partial charge on any atom is 0.407 e. The zero-order valence-electron chi connectivity index (χ0n) is 14.5. The van der Waals surface area contributed by atoms with E-state index in [-0.39, 0.29) is 12.1 Å². The Morgan fingerprint density at radius 1 is 1.14 bits per heavy atom. The summed E-state index contributed by atoms with van der Waals surface area (Å²) >= 11 is 0. The number of likely N-dealkylation sites (tertiary alicyclic amines) is 1. The van der Waals surface area contributed by atoms with E-state index in [0.717, 1.165) is 25.9 Å². The van der Waals surface area contributed by atoms with Crippen LogP contribution in [0.3, 0.4) is 0 Å². The largest absolute Gasteiger partial charge is 0.444 e. The van der Waals surface area contributed by atoms with E-state index < -0.39 is 5.60 Å². The third kappa shape index (κ3) is 6.53. The van der Waals surface area contributed by atoms with Crippen LogP contribution in [0.25, 0.3) is 0 Å². The van der Waals surface area contributed by atoms with Crippen molar-refractivity contribution >= 4 is 6.09 Å². The van der Waals surface area contributed by atoms with Gasteiger partial charge in [-0.1, -0.05) is 0 Å². The van der Waals surface area contributed by atoms with Crippen LogP contribution in [0.4, 0.5) is 4.79 Å². The van der Waals surface area contributed by atoms with Crippen molar-refractivity contribution in [1.82, 2.24) is 15.5 Å². The first-order valence-electron chi connectivity index (χ1n) is 8.87. The number of hydrogen-bond donors (Lipinski definition) is 2. The molecule has 1 saturated heterocycles. The molecule has 5 nitrogen and oxygen atoms in total. The minimum absolute atomic E-state index is 0.243. The molecule has 2 aliphatic rings. The van der Waals surface area contributed by atoms with E-state index in [0.29, 0.717) is 6.04 Å². The van der Waals surface area contributed by atoms with Gasteiger partial charge in [0.2, 0.25) is 0 Å². The summed E-state index contributed by atoms with van der Waals surface area (Å²) in [4.78, 5) is 14.4. The van der Waals surface area contributed by atoms with Crippen molar-refractivity contribution in [2.75, 3.05) is 26.2 Å². The molecule has 2 rings (SSSR count). The highest BCUT2D eigenvalue weighted by Gasteiger charge is 2.25. The summed E-state index contributed by atoms with van der Waals surface area (Å²) in [6.07, 6.45) is 6.88. The molecule has 1 amide bonds. The smallest absolute Gasteiger partial charge is 0.407 e. The van der Waals surface area contributed by atoms with Crippen LogP contribution in [-0.4, -0.2) is 54.9 Å². The Kier molecular flexibility index (Phi) is 6.50. The molecule has 0 radical (unpaired) electrons. The second-order valence-electron chi connectivity index (χ2n) is 7.71. The lowest BCUT2D eigenvalue weighted by Gasteiger charge is -2.31. The number of nitrogens with one attached hydrogen (secondary N) is 2. The fourth-order valence-corrected chi connectivity index (χ4v) is 3.41. The van der Waals surface area contributed by atoms with Crippen LogP contribution < -0.4 is 10.6 Å². The molecule has 1 aliphatic heterocycles. The lowest BCUT2D eigenvalue weighted by Crippen LogP contribution is -2.46. The van der Waals surface area contributed by atoms with E-state index in [4.69, 9.17) is 4.74 Å². The quantitative estimate of drug-likeness (QED) is 0.819. The molecule has 1 saturated carbocycles. The lowest BCUT2D eigenvalue weighted by molar-refractivity contribution is 0.0488. The van der Waals surface area contributed by atoms with Crippen LogP contribution in [0.1, 0.15) is 59.3 Å². The predicted molar refractivity (Wildman–Crippen MR) is 89.1 cm³/mol. The maximum absolute atomic E-state index is 11.9. The minimum atomic E-state index is -0.424. The van der Waals surface area contributed by atoms with Crippen molar-refractivity contribution in [3.8, 4) is 0 Å². The summed E-state index contributed by atoms with van der Waals surface area (Å²) in [7, 11) is 0. The average Bonchev–Trinajstić information content (AvgIpc) is 2.90. The molecule has 0 spiro atoms. The summed E-state index contributed by atoms with van der Waals surface area (Å²) in [6.45, 7) is 10.4. The molecular formula is C17H33N3O2. The van der Waals surface area contributed by atoms with Crippen LogP contribution in [0.15, 0.2) is 0 Å². The highest BCUT2D eigenvalue weighted by Crippen LogP contribution is 2.19. The summed E-state index contributed by atoms with van der Waals surface area (Å²) in [5, 5.41) is 6.69. The average molecular weight is 311 g/mol. The van der Waals surface area contributed by atoms with Crippen LogP contribution in [0, 0.1) is 0 Å². The fraction of sp³-hybridized carbons (Fsp3) is 0.941. The van der Waals surface area contributed by atoms with E-state index in [1.54, 1.807) is 0 Å². The van der Waals surface area contributed by atoms with Gasteiger partial charge in [-0.05, 0) is 72.4 Å². The Hall–Kier alpha value is -0.810. The highest BCUT2D eigenvalue weighted by molar-refractivity contribution is 5.68. The van der Waals surface area contributed by atoms with Gasteiger partial charge in [0.15, 0.2) is 0 Å². The van der Waals surface area contributed by atoms with Crippen LogP contribution in [0.5, 0.6) is 0 Å². The fourth-order valence-electron chi connectivity index (χ4n) is 3.41. The van der Waals surface area contributed by atoms with E-state index in [1.165, 1.54) is 38.8 Å². The Labute approximate surface area is 135 Å². The van der Waals surface area contributed by atoms with Gasteiger partial charge in [0, 0.05) is 25.2 Å². The van der Waals surface area contributed by atoms with Gasteiger partial charge in [0.1, 0.15) is 5.60 Å². The van der Waals surface area contributed by atoms with E-state index >= 15 is 0 Å². The van der Waals surface area contributed by atoms with Crippen LogP contribution in [0.2, 0.25) is 0 Å². The first-order valence-corrected chi connectivity index (χ1v) is 8.87. The molecule has 0 aromatic rings. The molecule has 128 valence electrons. The first-order chi connectivity index (χ1) is 10.4. The topological polar surface area (TPSA) is 53.6 Å². The molecule has 2 atom stereocenters. The molecule has 1 heterocycles. The number of hydrogen-bond acceptors (Lipinski definition) is 4. The molecule has 0 bridgehead atoms. The van der Waals surface area contributed by atoms with E-state index in [2.05, 4.69) is 15.5 Å². The Morgan fingerprint density at radius 2 is 1.82 bits per heavy atom. The molecule has 0 aromatic heterocycles. The first kappa shape index (κ1) is 17.5. The second kappa shape index (κ2) is 8.16. The Morgan fingerprint density at radius 3 is 2.50 bits per heavy atom. The number of amides is 1. The van der Waals surface area contributed by atoms with Gasteiger partial charge in [-0.3, -0.25) is 0 Å². The number of carbonyl (C=O) groups excluding carboxylic acids is 1. The monoisotopic (exact) mass is 311 g/mol. The van der Waals surface area contributed by atoms with Crippen LogP contribution in [-0.2, 0) is 4.74 Å². The number of ether oxygens (including phenoxy) is 1. The summed E-state index contributed by atoms with van der Waals surface area (Å²) in [5.74, 6) is 0. The van der Waals surface area contributed by atoms with Gasteiger partial charge in [-0.25, -0.2) is 4.79 Å². The normalized spacial score (nSPS) is 26.9. The van der Waals surface area contributed by atoms with Crippen molar-refractivity contribution in [3.05, 3.63) is 0 Å². The number of carbonyl (C=O) groups is 1. The van der Waals surface area contributed by atoms with Gasteiger partial charge in [-0.2, -0.15) is 0 Å².